The quantitative estimate of drug-likeness (QED) is 0.389. The van der Waals surface area contributed by atoms with Crippen LogP contribution < -0.4 is 0 Å². The SMILES string of the molecule is COC(=O)c1cc(Cl)c(C2CCC2)nc1Cl.O.O=C(O)c1cc(Cl)c(C2CCC2)nc1Cl. The molecule has 0 spiro atoms. The van der Waals surface area contributed by atoms with Crippen LogP contribution in [0.2, 0.25) is 20.4 Å². The molecule has 7 nitrogen and oxygen atoms in total. The summed E-state index contributed by atoms with van der Waals surface area (Å²) in [5.74, 6) is -0.885. The second-order valence-electron chi connectivity index (χ2n) is 7.44. The molecule has 2 fully saturated rings. The lowest BCUT2D eigenvalue weighted by molar-refractivity contribution is 0.0599. The molecule has 4 rings (SSSR count). The van der Waals surface area contributed by atoms with E-state index in [9.17, 15) is 9.59 Å². The number of carboxylic acids is 1. The van der Waals surface area contributed by atoms with E-state index in [2.05, 4.69) is 14.7 Å². The van der Waals surface area contributed by atoms with E-state index in [0.717, 1.165) is 37.1 Å². The normalized spacial score (nSPS) is 15.4. The first-order valence-electron chi connectivity index (χ1n) is 9.76. The number of esters is 1. The molecular weight excluding hydrogens is 502 g/mol. The minimum atomic E-state index is -1.10. The van der Waals surface area contributed by atoms with Gasteiger partial charge in [-0.2, -0.15) is 0 Å². The number of methoxy groups -OCH3 is 1. The average Bonchev–Trinajstić information content (AvgIpc) is 2.64. The highest BCUT2D eigenvalue weighted by Crippen LogP contribution is 2.40. The number of carbonyl (C=O) groups is 2. The molecule has 11 heteroatoms. The predicted octanol–water partition coefficient (Wildman–Crippen LogP) is 5.97. The van der Waals surface area contributed by atoms with E-state index < -0.39 is 11.9 Å². The molecule has 0 bridgehead atoms. The van der Waals surface area contributed by atoms with Crippen molar-refractivity contribution in [2.75, 3.05) is 7.11 Å². The zero-order valence-corrected chi connectivity index (χ0v) is 20.2. The van der Waals surface area contributed by atoms with E-state index in [1.54, 1.807) is 0 Å². The van der Waals surface area contributed by atoms with Crippen molar-refractivity contribution >= 4 is 58.3 Å². The van der Waals surface area contributed by atoms with Gasteiger partial charge in [-0.25, -0.2) is 19.6 Å². The van der Waals surface area contributed by atoms with E-state index in [0.29, 0.717) is 21.9 Å². The minimum Gasteiger partial charge on any atom is -0.478 e. The lowest BCUT2D eigenvalue weighted by atomic mass is 9.82. The number of nitrogens with zero attached hydrogens (tertiary/aromatic N) is 2. The van der Waals surface area contributed by atoms with Gasteiger partial charge < -0.3 is 15.3 Å². The summed E-state index contributed by atoms with van der Waals surface area (Å²) in [7, 11) is 1.30. The Balaban J connectivity index is 0.000000220. The lowest BCUT2D eigenvalue weighted by Crippen LogP contribution is -2.13. The molecule has 2 aliphatic rings. The maximum absolute atomic E-state index is 11.3. The maximum Gasteiger partial charge on any atom is 0.341 e. The summed E-state index contributed by atoms with van der Waals surface area (Å²) in [6.45, 7) is 0. The zero-order chi connectivity index (χ0) is 22.7. The summed E-state index contributed by atoms with van der Waals surface area (Å²) in [6, 6.07) is 2.92. The molecule has 0 aliphatic heterocycles. The molecule has 2 aromatic heterocycles. The zero-order valence-electron chi connectivity index (χ0n) is 17.1. The van der Waals surface area contributed by atoms with Crippen LogP contribution in [-0.2, 0) is 4.74 Å². The fourth-order valence-electron chi connectivity index (χ4n) is 3.30. The van der Waals surface area contributed by atoms with Crippen LogP contribution in [0.1, 0.15) is 82.5 Å². The molecule has 2 aliphatic carbocycles. The van der Waals surface area contributed by atoms with Crippen LogP contribution in [0.15, 0.2) is 12.1 Å². The Kier molecular flexibility index (Phi) is 9.54. The van der Waals surface area contributed by atoms with Crippen molar-refractivity contribution in [3.8, 4) is 0 Å². The van der Waals surface area contributed by atoms with E-state index >= 15 is 0 Å². The smallest absolute Gasteiger partial charge is 0.341 e. The van der Waals surface area contributed by atoms with Gasteiger partial charge in [0, 0.05) is 11.8 Å². The number of carboxylic acid groups (broad SMARTS) is 1. The molecule has 0 saturated heterocycles. The highest BCUT2D eigenvalue weighted by molar-refractivity contribution is 6.35. The molecule has 0 aromatic carbocycles. The van der Waals surface area contributed by atoms with Crippen LogP contribution in [0, 0.1) is 0 Å². The van der Waals surface area contributed by atoms with Crippen molar-refractivity contribution < 1.29 is 24.9 Å². The number of halogens is 4. The number of pyridine rings is 2. The van der Waals surface area contributed by atoms with Crippen molar-refractivity contribution in [2.24, 2.45) is 0 Å². The second kappa shape index (κ2) is 11.5. The van der Waals surface area contributed by atoms with E-state index in [1.807, 2.05) is 0 Å². The summed E-state index contributed by atoms with van der Waals surface area (Å²) in [5.41, 5.74) is 1.71. The van der Waals surface area contributed by atoms with Crippen LogP contribution in [0.5, 0.6) is 0 Å². The van der Waals surface area contributed by atoms with Gasteiger partial charge in [-0.15, -0.1) is 0 Å². The van der Waals surface area contributed by atoms with Gasteiger partial charge in [0.1, 0.15) is 10.3 Å². The Bertz CT molecular complexity index is 1010. The molecule has 174 valence electrons. The van der Waals surface area contributed by atoms with Gasteiger partial charge in [0.15, 0.2) is 0 Å². The number of aromatic nitrogens is 2. The van der Waals surface area contributed by atoms with Gasteiger partial charge in [0.2, 0.25) is 0 Å². The first-order valence-corrected chi connectivity index (χ1v) is 11.3. The first kappa shape index (κ1) is 26.6. The number of carbonyl (C=O) groups excluding carboxylic acids is 1. The Morgan fingerprint density at radius 2 is 1.28 bits per heavy atom. The Hall–Kier alpha value is -1.64. The molecule has 0 amide bonds. The summed E-state index contributed by atoms with van der Waals surface area (Å²) in [4.78, 5) is 30.4. The third-order valence-corrected chi connectivity index (χ3v) is 6.71. The van der Waals surface area contributed by atoms with E-state index in [1.165, 1.54) is 32.1 Å². The third-order valence-electron chi connectivity index (χ3n) is 5.53. The van der Waals surface area contributed by atoms with Crippen LogP contribution in [0.3, 0.4) is 0 Å². The molecule has 0 atom stereocenters. The highest BCUT2D eigenvalue weighted by atomic mass is 35.5. The molecule has 32 heavy (non-hydrogen) atoms. The summed E-state index contributed by atoms with van der Waals surface area (Å²) >= 11 is 23.7. The fourth-order valence-corrected chi connectivity index (χ4v) is 4.36. The van der Waals surface area contributed by atoms with Crippen LogP contribution in [0.25, 0.3) is 0 Å². The van der Waals surface area contributed by atoms with Gasteiger partial charge in [0.05, 0.1) is 39.7 Å². The number of ether oxygens (including phenoxy) is 1. The Morgan fingerprint density at radius 1 is 0.875 bits per heavy atom. The van der Waals surface area contributed by atoms with Crippen LogP contribution in [-0.4, -0.2) is 39.6 Å². The monoisotopic (exact) mass is 522 g/mol. The number of rotatable bonds is 4. The molecule has 2 heterocycles. The summed E-state index contributed by atoms with van der Waals surface area (Å²) in [6.07, 6.45) is 6.63. The maximum atomic E-state index is 11.3. The molecule has 0 radical (unpaired) electrons. The molecule has 2 saturated carbocycles. The van der Waals surface area contributed by atoms with Crippen molar-refractivity contribution in [3.63, 3.8) is 0 Å². The summed E-state index contributed by atoms with van der Waals surface area (Å²) in [5, 5.41) is 9.89. The standard InChI is InChI=1S/C11H11Cl2NO2.C10H9Cl2NO2.H2O/c1-16-11(15)7-5-8(12)9(14-10(7)13)6-3-2-4-6;11-7-4-6(10(14)15)9(12)13-8(7)5-2-1-3-5;/h5-6H,2-4H2,1H3;4-5H,1-3H2,(H,14,15);1H2. The average molecular weight is 524 g/mol. The molecular formula is C21H22Cl4N2O5. The van der Waals surface area contributed by atoms with E-state index in [4.69, 9.17) is 51.5 Å². The lowest BCUT2D eigenvalue weighted by Gasteiger charge is -2.25. The molecule has 0 unspecified atom stereocenters. The summed E-state index contributed by atoms with van der Waals surface area (Å²) < 4.78 is 4.59. The third kappa shape index (κ3) is 5.83. The van der Waals surface area contributed by atoms with Crippen molar-refractivity contribution in [1.82, 2.24) is 9.97 Å². The van der Waals surface area contributed by atoms with Crippen LogP contribution >= 0.6 is 46.4 Å². The first-order chi connectivity index (χ1) is 14.7. The van der Waals surface area contributed by atoms with Crippen molar-refractivity contribution in [3.05, 3.63) is 55.0 Å². The Morgan fingerprint density at radius 3 is 1.62 bits per heavy atom. The fraction of sp³-hybridized carbons (Fsp3) is 0.429. The number of aromatic carboxylic acids is 1. The molecule has 2 aromatic rings. The topological polar surface area (TPSA) is 121 Å². The van der Waals surface area contributed by atoms with Gasteiger partial charge in [-0.3, -0.25) is 0 Å². The van der Waals surface area contributed by atoms with Crippen molar-refractivity contribution in [2.45, 2.75) is 50.4 Å². The van der Waals surface area contributed by atoms with Crippen molar-refractivity contribution in [1.29, 1.82) is 0 Å². The molecule has 3 N–H and O–H groups in total. The minimum absolute atomic E-state index is 0. The predicted molar refractivity (Wildman–Crippen MR) is 124 cm³/mol. The second-order valence-corrected chi connectivity index (χ2v) is 8.97. The van der Waals surface area contributed by atoms with Gasteiger partial charge >= 0.3 is 11.9 Å². The van der Waals surface area contributed by atoms with Crippen LogP contribution in [0.4, 0.5) is 0 Å². The number of hydrogen-bond donors (Lipinski definition) is 1. The highest BCUT2D eigenvalue weighted by Gasteiger charge is 2.26. The Labute approximate surface area is 205 Å². The number of hydrogen-bond acceptors (Lipinski definition) is 5. The van der Waals surface area contributed by atoms with E-state index in [-0.39, 0.29) is 26.9 Å². The van der Waals surface area contributed by atoms with Gasteiger partial charge in [-0.1, -0.05) is 59.2 Å². The largest absolute Gasteiger partial charge is 0.478 e. The van der Waals surface area contributed by atoms with Gasteiger partial charge in [0.25, 0.3) is 0 Å². The van der Waals surface area contributed by atoms with Gasteiger partial charge in [-0.05, 0) is 37.8 Å².